The predicted octanol–water partition coefficient (Wildman–Crippen LogP) is 1.91. The van der Waals surface area contributed by atoms with Gasteiger partial charge in [0.1, 0.15) is 11.6 Å². The summed E-state index contributed by atoms with van der Waals surface area (Å²) in [6.45, 7) is 1.99. The Hall–Kier alpha value is -1.68. The summed E-state index contributed by atoms with van der Waals surface area (Å²) >= 11 is 0. The lowest BCUT2D eigenvalue weighted by molar-refractivity contribution is 0.336. The summed E-state index contributed by atoms with van der Waals surface area (Å²) in [4.78, 5) is 0. The summed E-state index contributed by atoms with van der Waals surface area (Å²) in [5.74, 6) is -0.552. The van der Waals surface area contributed by atoms with Crippen molar-refractivity contribution in [3.05, 3.63) is 59.2 Å². The first-order valence-electron chi connectivity index (χ1n) is 5.81. The molecule has 1 aliphatic heterocycles. The van der Waals surface area contributed by atoms with Crippen LogP contribution in [-0.4, -0.2) is 6.92 Å². The van der Waals surface area contributed by atoms with Crippen molar-refractivity contribution < 1.29 is 13.4 Å². The summed E-state index contributed by atoms with van der Waals surface area (Å²) in [6, 6.07) is 9.25. The van der Waals surface area contributed by atoms with Gasteiger partial charge in [-0.3, -0.25) is 0 Å². The molecule has 1 heterocycles. The second kappa shape index (κ2) is 4.21. The van der Waals surface area contributed by atoms with Crippen molar-refractivity contribution in [1.29, 1.82) is 0 Å². The van der Waals surface area contributed by atoms with E-state index in [1.165, 1.54) is 24.3 Å². The highest BCUT2D eigenvalue weighted by molar-refractivity contribution is 6.81. The van der Waals surface area contributed by atoms with Crippen LogP contribution in [0.15, 0.2) is 36.4 Å². The van der Waals surface area contributed by atoms with E-state index in [4.69, 9.17) is 4.65 Å². The average Bonchev–Trinajstić information content (AvgIpc) is 2.75. The standard InChI is InChI=1S/C14H11BF2O/c1-9-2-3-12(17)7-14(9)15-13-5-4-11(16)6-10(13)8-18-15/h2-7H,8H2,1H3. The maximum atomic E-state index is 13.3. The number of aryl methyl sites for hydroxylation is 1. The highest BCUT2D eigenvalue weighted by Gasteiger charge is 2.31. The van der Waals surface area contributed by atoms with Crippen molar-refractivity contribution in [1.82, 2.24) is 0 Å². The molecule has 2 aromatic carbocycles. The van der Waals surface area contributed by atoms with Crippen LogP contribution < -0.4 is 10.9 Å². The molecule has 3 rings (SSSR count). The fourth-order valence-corrected chi connectivity index (χ4v) is 2.37. The van der Waals surface area contributed by atoms with Crippen LogP contribution in [0.1, 0.15) is 11.1 Å². The summed E-state index contributed by atoms with van der Waals surface area (Å²) in [5, 5.41) is 0. The van der Waals surface area contributed by atoms with Gasteiger partial charge < -0.3 is 4.65 Å². The molecule has 0 saturated carbocycles. The summed E-state index contributed by atoms with van der Waals surface area (Å²) in [6.07, 6.45) is 0. The zero-order chi connectivity index (χ0) is 12.7. The van der Waals surface area contributed by atoms with Crippen LogP contribution in [0.2, 0.25) is 0 Å². The van der Waals surface area contributed by atoms with E-state index in [-0.39, 0.29) is 18.6 Å². The molecule has 90 valence electrons. The summed E-state index contributed by atoms with van der Waals surface area (Å²) in [7, 11) is 0. The van der Waals surface area contributed by atoms with Gasteiger partial charge in [0.2, 0.25) is 0 Å². The largest absolute Gasteiger partial charge is 0.423 e. The number of hydrogen-bond donors (Lipinski definition) is 0. The Bertz CT molecular complexity index is 613. The summed E-state index contributed by atoms with van der Waals surface area (Å²) < 4.78 is 32.1. The highest BCUT2D eigenvalue weighted by Crippen LogP contribution is 2.14. The van der Waals surface area contributed by atoms with Gasteiger partial charge in [-0.1, -0.05) is 17.7 Å². The molecule has 0 bridgehead atoms. The van der Waals surface area contributed by atoms with Crippen LogP contribution in [0, 0.1) is 18.6 Å². The molecule has 0 unspecified atom stereocenters. The van der Waals surface area contributed by atoms with Crippen LogP contribution in [0.5, 0.6) is 0 Å². The van der Waals surface area contributed by atoms with E-state index in [0.717, 1.165) is 22.1 Å². The molecule has 0 aromatic heterocycles. The first kappa shape index (κ1) is 11.4. The lowest BCUT2D eigenvalue weighted by Crippen LogP contribution is -2.42. The zero-order valence-electron chi connectivity index (χ0n) is 9.91. The smallest absolute Gasteiger partial charge is 0.362 e. The minimum atomic E-state index is -0.295. The molecule has 0 N–H and O–H groups in total. The Kier molecular flexibility index (Phi) is 2.67. The third kappa shape index (κ3) is 1.83. The molecular formula is C14H11BF2O. The van der Waals surface area contributed by atoms with Crippen LogP contribution in [0.4, 0.5) is 8.78 Å². The fourth-order valence-electron chi connectivity index (χ4n) is 2.37. The Morgan fingerprint density at radius 1 is 1.00 bits per heavy atom. The van der Waals surface area contributed by atoms with Crippen LogP contribution in [-0.2, 0) is 11.3 Å². The first-order chi connectivity index (χ1) is 8.65. The molecule has 0 amide bonds. The third-order valence-electron chi connectivity index (χ3n) is 3.32. The maximum absolute atomic E-state index is 13.3. The number of fused-ring (bicyclic) bond motifs is 1. The van der Waals surface area contributed by atoms with Crippen molar-refractivity contribution in [3.8, 4) is 0 Å². The van der Waals surface area contributed by atoms with Crippen molar-refractivity contribution in [2.75, 3.05) is 0 Å². The van der Waals surface area contributed by atoms with Gasteiger partial charge in [0.25, 0.3) is 0 Å². The van der Waals surface area contributed by atoms with Gasteiger partial charge in [0.05, 0.1) is 6.61 Å². The van der Waals surface area contributed by atoms with Gasteiger partial charge in [-0.05, 0) is 47.7 Å². The Labute approximate surface area is 105 Å². The normalized spacial score (nSPS) is 13.8. The predicted molar refractivity (Wildman–Crippen MR) is 67.3 cm³/mol. The number of hydrogen-bond acceptors (Lipinski definition) is 1. The van der Waals surface area contributed by atoms with Gasteiger partial charge in [-0.15, -0.1) is 0 Å². The molecule has 0 aliphatic carbocycles. The molecule has 0 atom stereocenters. The van der Waals surface area contributed by atoms with Gasteiger partial charge in [-0.25, -0.2) is 8.78 Å². The molecule has 0 radical (unpaired) electrons. The lowest BCUT2D eigenvalue weighted by atomic mass is 9.54. The number of rotatable bonds is 1. The van der Waals surface area contributed by atoms with Gasteiger partial charge >= 0.3 is 6.92 Å². The number of benzene rings is 2. The van der Waals surface area contributed by atoms with Gasteiger partial charge in [-0.2, -0.15) is 0 Å². The average molecular weight is 244 g/mol. The van der Waals surface area contributed by atoms with E-state index in [1.54, 1.807) is 12.1 Å². The van der Waals surface area contributed by atoms with E-state index >= 15 is 0 Å². The fraction of sp³-hybridized carbons (Fsp3) is 0.143. The van der Waals surface area contributed by atoms with E-state index in [2.05, 4.69) is 0 Å². The highest BCUT2D eigenvalue weighted by atomic mass is 19.1. The van der Waals surface area contributed by atoms with Crippen molar-refractivity contribution in [2.45, 2.75) is 13.5 Å². The molecule has 0 saturated heterocycles. The molecule has 2 aromatic rings. The van der Waals surface area contributed by atoms with Crippen LogP contribution >= 0.6 is 0 Å². The van der Waals surface area contributed by atoms with E-state index < -0.39 is 0 Å². The first-order valence-corrected chi connectivity index (χ1v) is 5.81. The molecule has 0 fully saturated rings. The minimum absolute atomic E-state index is 0.269. The monoisotopic (exact) mass is 244 g/mol. The molecule has 1 aliphatic rings. The Morgan fingerprint density at radius 2 is 1.72 bits per heavy atom. The Balaban J connectivity index is 2.08. The Morgan fingerprint density at radius 3 is 2.56 bits per heavy atom. The second-order valence-corrected chi connectivity index (χ2v) is 4.54. The van der Waals surface area contributed by atoms with E-state index in [1.807, 2.05) is 6.92 Å². The molecule has 18 heavy (non-hydrogen) atoms. The third-order valence-corrected chi connectivity index (χ3v) is 3.32. The quantitative estimate of drug-likeness (QED) is 0.696. The molecular weight excluding hydrogens is 233 g/mol. The maximum Gasteiger partial charge on any atom is 0.362 e. The number of halogens is 2. The topological polar surface area (TPSA) is 9.23 Å². The van der Waals surface area contributed by atoms with E-state index in [9.17, 15) is 8.78 Å². The van der Waals surface area contributed by atoms with Crippen LogP contribution in [0.25, 0.3) is 0 Å². The zero-order valence-corrected chi connectivity index (χ0v) is 9.91. The van der Waals surface area contributed by atoms with Crippen LogP contribution in [0.3, 0.4) is 0 Å². The van der Waals surface area contributed by atoms with E-state index in [0.29, 0.717) is 6.61 Å². The van der Waals surface area contributed by atoms with Gasteiger partial charge in [0.15, 0.2) is 0 Å². The second-order valence-electron chi connectivity index (χ2n) is 4.54. The minimum Gasteiger partial charge on any atom is -0.423 e. The molecule has 4 heteroatoms. The summed E-state index contributed by atoms with van der Waals surface area (Å²) in [5.41, 5.74) is 3.53. The molecule has 1 nitrogen and oxygen atoms in total. The van der Waals surface area contributed by atoms with Gasteiger partial charge in [0, 0.05) is 0 Å². The molecule has 0 spiro atoms. The van der Waals surface area contributed by atoms with Crippen molar-refractivity contribution >= 4 is 17.8 Å². The lowest BCUT2D eigenvalue weighted by Gasteiger charge is -2.10. The SMILES string of the molecule is Cc1ccc(F)cc1B1OCc2cc(F)ccc21. The van der Waals surface area contributed by atoms with Crippen molar-refractivity contribution in [3.63, 3.8) is 0 Å². The van der Waals surface area contributed by atoms with Crippen molar-refractivity contribution in [2.24, 2.45) is 0 Å².